The summed E-state index contributed by atoms with van der Waals surface area (Å²) in [5.41, 5.74) is 7.61. The summed E-state index contributed by atoms with van der Waals surface area (Å²) < 4.78 is 5.32. The van der Waals surface area contributed by atoms with E-state index in [1.54, 1.807) is 0 Å². The molecule has 1 aliphatic rings. The minimum absolute atomic E-state index is 0.631. The maximum Gasteiger partial charge on any atom is 0.266 e. The van der Waals surface area contributed by atoms with Crippen molar-refractivity contribution < 1.29 is 4.52 Å². The third-order valence-corrected chi connectivity index (χ3v) is 3.40. The molecule has 2 N–H and O–H groups in total. The van der Waals surface area contributed by atoms with Crippen LogP contribution in [0.3, 0.4) is 0 Å². The number of hydrogen-bond donors (Lipinski definition) is 1. The zero-order valence-electron chi connectivity index (χ0n) is 10.9. The molecular formula is C14H18N4O. The predicted octanol–water partition coefficient (Wildman–Crippen LogP) is 2.23. The molecule has 0 bridgehead atoms. The quantitative estimate of drug-likeness (QED) is 0.855. The minimum atomic E-state index is 0.631. The second kappa shape index (κ2) is 5.30. The Morgan fingerprint density at radius 1 is 1.21 bits per heavy atom. The zero-order valence-corrected chi connectivity index (χ0v) is 10.9. The number of aromatic nitrogens is 2. The van der Waals surface area contributed by atoms with Crippen LogP contribution in [0.15, 0.2) is 28.8 Å². The van der Waals surface area contributed by atoms with Crippen LogP contribution in [0, 0.1) is 0 Å². The van der Waals surface area contributed by atoms with Gasteiger partial charge in [-0.2, -0.15) is 4.98 Å². The van der Waals surface area contributed by atoms with E-state index in [1.165, 1.54) is 19.3 Å². The Hall–Kier alpha value is -2.04. The molecule has 19 heavy (non-hydrogen) atoms. The van der Waals surface area contributed by atoms with E-state index in [0.29, 0.717) is 12.3 Å². The number of nitrogens with zero attached hydrogens (tertiary/aromatic N) is 3. The SMILES string of the molecule is Nc1cccc(Cc2nc(N3CCCCC3)no2)c1. The molecule has 0 aliphatic carbocycles. The Labute approximate surface area is 112 Å². The van der Waals surface area contributed by atoms with Crippen LogP contribution in [0.1, 0.15) is 30.7 Å². The molecule has 5 heteroatoms. The first kappa shape index (κ1) is 12.0. The van der Waals surface area contributed by atoms with Crippen LogP contribution in [0.25, 0.3) is 0 Å². The molecule has 2 aromatic rings. The van der Waals surface area contributed by atoms with E-state index in [9.17, 15) is 0 Å². The summed E-state index contributed by atoms with van der Waals surface area (Å²) in [5, 5.41) is 4.07. The third-order valence-electron chi connectivity index (χ3n) is 3.40. The summed E-state index contributed by atoms with van der Waals surface area (Å²) in [5.74, 6) is 1.37. The molecule has 0 atom stereocenters. The highest BCUT2D eigenvalue weighted by Crippen LogP contribution is 2.18. The van der Waals surface area contributed by atoms with E-state index in [-0.39, 0.29) is 0 Å². The molecule has 1 saturated heterocycles. The van der Waals surface area contributed by atoms with Crippen LogP contribution < -0.4 is 10.6 Å². The summed E-state index contributed by atoms with van der Waals surface area (Å²) in [7, 11) is 0. The molecule has 0 radical (unpaired) electrons. The number of nitrogen functional groups attached to an aromatic ring is 1. The lowest BCUT2D eigenvalue weighted by Crippen LogP contribution is -2.30. The van der Waals surface area contributed by atoms with Crippen LogP contribution in [0.5, 0.6) is 0 Å². The smallest absolute Gasteiger partial charge is 0.266 e. The van der Waals surface area contributed by atoms with Crippen molar-refractivity contribution in [3.63, 3.8) is 0 Å². The lowest BCUT2D eigenvalue weighted by Gasteiger charge is -2.24. The van der Waals surface area contributed by atoms with Gasteiger partial charge in [0.25, 0.3) is 5.95 Å². The molecule has 5 nitrogen and oxygen atoms in total. The van der Waals surface area contributed by atoms with Gasteiger partial charge in [0.1, 0.15) is 0 Å². The largest absolute Gasteiger partial charge is 0.399 e. The number of anilines is 2. The molecule has 1 aromatic heterocycles. The molecule has 0 spiro atoms. The number of nitrogens with two attached hydrogens (primary N) is 1. The fraction of sp³-hybridized carbons (Fsp3) is 0.429. The summed E-state index contributed by atoms with van der Waals surface area (Å²) in [6.45, 7) is 2.05. The molecule has 100 valence electrons. The number of rotatable bonds is 3. The molecule has 3 rings (SSSR count). The zero-order chi connectivity index (χ0) is 13.1. The van der Waals surface area contributed by atoms with Gasteiger partial charge in [-0.3, -0.25) is 0 Å². The van der Waals surface area contributed by atoms with Crippen molar-refractivity contribution in [3.05, 3.63) is 35.7 Å². The van der Waals surface area contributed by atoms with Crippen molar-refractivity contribution in [1.82, 2.24) is 10.1 Å². The summed E-state index contributed by atoms with van der Waals surface area (Å²) >= 11 is 0. The van der Waals surface area contributed by atoms with Gasteiger partial charge in [-0.1, -0.05) is 12.1 Å². The highest BCUT2D eigenvalue weighted by molar-refractivity contribution is 5.41. The van der Waals surface area contributed by atoms with Crippen LogP contribution in [-0.4, -0.2) is 23.2 Å². The van der Waals surface area contributed by atoms with Gasteiger partial charge in [-0.25, -0.2) is 0 Å². The topological polar surface area (TPSA) is 68.2 Å². The van der Waals surface area contributed by atoms with Crippen LogP contribution in [-0.2, 0) is 6.42 Å². The lowest BCUT2D eigenvalue weighted by atomic mass is 10.1. The van der Waals surface area contributed by atoms with Gasteiger partial charge in [0.15, 0.2) is 0 Å². The highest BCUT2D eigenvalue weighted by Gasteiger charge is 2.16. The monoisotopic (exact) mass is 258 g/mol. The van der Waals surface area contributed by atoms with Crippen molar-refractivity contribution in [2.45, 2.75) is 25.7 Å². The van der Waals surface area contributed by atoms with Crippen molar-refractivity contribution in [2.24, 2.45) is 0 Å². The summed E-state index contributed by atoms with van der Waals surface area (Å²) in [4.78, 5) is 6.66. The standard InChI is InChI=1S/C14H18N4O/c15-12-6-4-5-11(9-12)10-13-16-14(17-19-13)18-7-2-1-3-8-18/h4-6,9H,1-3,7-8,10,15H2. The first-order chi connectivity index (χ1) is 9.31. The van der Waals surface area contributed by atoms with Crippen molar-refractivity contribution >= 4 is 11.6 Å². The molecule has 1 aliphatic heterocycles. The van der Waals surface area contributed by atoms with Gasteiger partial charge < -0.3 is 15.2 Å². The van der Waals surface area contributed by atoms with Crippen molar-refractivity contribution in [1.29, 1.82) is 0 Å². The number of hydrogen-bond acceptors (Lipinski definition) is 5. The Balaban J connectivity index is 1.70. The van der Waals surface area contributed by atoms with E-state index in [0.717, 1.165) is 30.3 Å². The molecule has 0 saturated carbocycles. The lowest BCUT2D eigenvalue weighted by molar-refractivity contribution is 0.383. The normalized spacial score (nSPS) is 15.7. The molecule has 2 heterocycles. The fourth-order valence-corrected chi connectivity index (χ4v) is 2.42. The number of piperidine rings is 1. The van der Waals surface area contributed by atoms with Gasteiger partial charge >= 0.3 is 0 Å². The van der Waals surface area contributed by atoms with Gasteiger partial charge in [0, 0.05) is 18.8 Å². The van der Waals surface area contributed by atoms with Crippen LogP contribution >= 0.6 is 0 Å². The second-order valence-corrected chi connectivity index (χ2v) is 4.96. The summed E-state index contributed by atoms with van der Waals surface area (Å²) in [6, 6.07) is 7.76. The van der Waals surface area contributed by atoms with E-state index in [1.807, 2.05) is 24.3 Å². The molecule has 1 fully saturated rings. The molecule has 0 amide bonds. The highest BCUT2D eigenvalue weighted by atomic mass is 16.5. The second-order valence-electron chi connectivity index (χ2n) is 4.96. The van der Waals surface area contributed by atoms with Crippen LogP contribution in [0.4, 0.5) is 11.6 Å². The van der Waals surface area contributed by atoms with Gasteiger partial charge in [0.05, 0.1) is 6.42 Å². The van der Waals surface area contributed by atoms with Crippen molar-refractivity contribution in [3.8, 4) is 0 Å². The summed E-state index contributed by atoms with van der Waals surface area (Å²) in [6.07, 6.45) is 4.34. The Kier molecular flexibility index (Phi) is 3.35. The van der Waals surface area contributed by atoms with Gasteiger partial charge in [-0.05, 0) is 42.1 Å². The average molecular weight is 258 g/mol. The molecule has 1 aromatic carbocycles. The maximum absolute atomic E-state index is 5.76. The average Bonchev–Trinajstić information content (AvgIpc) is 2.88. The van der Waals surface area contributed by atoms with Gasteiger partial charge in [0.2, 0.25) is 5.89 Å². The van der Waals surface area contributed by atoms with Crippen LogP contribution in [0.2, 0.25) is 0 Å². The first-order valence-electron chi connectivity index (χ1n) is 6.73. The predicted molar refractivity (Wildman–Crippen MR) is 74.0 cm³/mol. The van der Waals surface area contributed by atoms with E-state index < -0.39 is 0 Å². The number of benzene rings is 1. The van der Waals surface area contributed by atoms with Crippen molar-refractivity contribution in [2.75, 3.05) is 23.7 Å². The Morgan fingerprint density at radius 3 is 2.84 bits per heavy atom. The Morgan fingerprint density at radius 2 is 2.05 bits per heavy atom. The minimum Gasteiger partial charge on any atom is -0.399 e. The Bertz CT molecular complexity index is 546. The third kappa shape index (κ3) is 2.86. The van der Waals surface area contributed by atoms with E-state index in [4.69, 9.17) is 10.3 Å². The maximum atomic E-state index is 5.76. The fourth-order valence-electron chi connectivity index (χ4n) is 2.42. The first-order valence-corrected chi connectivity index (χ1v) is 6.73. The van der Waals surface area contributed by atoms with Gasteiger partial charge in [-0.15, -0.1) is 0 Å². The molecule has 0 unspecified atom stereocenters. The molecular weight excluding hydrogens is 240 g/mol. The van der Waals surface area contributed by atoms with E-state index >= 15 is 0 Å². The van der Waals surface area contributed by atoms with E-state index in [2.05, 4.69) is 15.0 Å².